The highest BCUT2D eigenvalue weighted by molar-refractivity contribution is 6.83. The van der Waals surface area contributed by atoms with Gasteiger partial charge in [-0.15, -0.1) is 0 Å². The van der Waals surface area contributed by atoms with Crippen molar-refractivity contribution in [1.82, 2.24) is 0 Å². The minimum absolute atomic E-state index is 0.194. The zero-order valence-corrected chi connectivity index (χ0v) is 8.66. The molecule has 0 fully saturated rings. The fourth-order valence-electron chi connectivity index (χ4n) is 0.794. The van der Waals surface area contributed by atoms with Gasteiger partial charge in [0.05, 0.1) is 0 Å². The molecular weight excluding hydrogens is 230 g/mol. The highest BCUT2D eigenvalue weighted by atomic mass is 35.5. The lowest BCUT2D eigenvalue weighted by Gasteiger charge is -2.24. The molecule has 0 aromatic rings. The Kier molecular flexibility index (Phi) is 5.06. The maximum Gasteiger partial charge on any atom is 0.383 e. The van der Waals surface area contributed by atoms with E-state index in [4.69, 9.17) is 17.0 Å². The van der Waals surface area contributed by atoms with Crippen LogP contribution in [0.4, 0.5) is 0 Å². The molecule has 0 rings (SSSR count). The van der Waals surface area contributed by atoms with Gasteiger partial charge in [0.15, 0.2) is 5.17 Å². The van der Waals surface area contributed by atoms with Gasteiger partial charge < -0.3 is 14.2 Å². The number of ketones is 1. The summed E-state index contributed by atoms with van der Waals surface area (Å²) in [5.41, 5.74) is 0. The number of halogens is 1. The fourth-order valence-corrected chi connectivity index (χ4v) is 0.918. The second kappa shape index (κ2) is 5.54. The Morgan fingerprint density at radius 1 is 1.33 bits per heavy atom. The summed E-state index contributed by atoms with van der Waals surface area (Å²) in [5, 5.41) is 5.86. The number of methoxy groups -OCH3 is 2. The number of carbonyl (C=O) groups excluding carboxylic acids is 3. The number of hydrogen-bond acceptors (Lipinski definition) is 7. The van der Waals surface area contributed by atoms with Crippen LogP contribution in [-0.4, -0.2) is 43.4 Å². The molecule has 7 nitrogen and oxygen atoms in total. The van der Waals surface area contributed by atoms with Crippen LogP contribution < -0.4 is 0 Å². The first-order valence-corrected chi connectivity index (χ1v) is 3.88. The minimum atomic E-state index is -2.51. The molecule has 0 heterocycles. The third kappa shape index (κ3) is 2.58. The van der Waals surface area contributed by atoms with E-state index in [1.165, 1.54) is 0 Å². The van der Waals surface area contributed by atoms with E-state index in [9.17, 15) is 14.4 Å². The lowest BCUT2D eigenvalue weighted by atomic mass is 10.2. The largest absolute Gasteiger partial charge is 0.391 e. The third-order valence-electron chi connectivity index (χ3n) is 1.50. The molecule has 84 valence electrons. The van der Waals surface area contributed by atoms with Crippen LogP contribution in [0.3, 0.4) is 0 Å². The van der Waals surface area contributed by atoms with Crippen molar-refractivity contribution in [2.75, 3.05) is 14.2 Å². The van der Waals surface area contributed by atoms with Crippen LogP contribution in [0, 0.1) is 5.41 Å². The second-order valence-electron chi connectivity index (χ2n) is 2.17. The van der Waals surface area contributed by atoms with Crippen LogP contribution in [0.5, 0.6) is 0 Å². The SMILES string of the molecule is COC(OC)(C(=O)OC=O)C(=O)C(=N)Cl. The summed E-state index contributed by atoms with van der Waals surface area (Å²) >= 11 is 5.09. The molecule has 0 aromatic heterocycles. The van der Waals surface area contributed by atoms with Crippen LogP contribution in [0.1, 0.15) is 0 Å². The van der Waals surface area contributed by atoms with Crippen LogP contribution in [0.2, 0.25) is 0 Å². The first kappa shape index (κ1) is 13.7. The van der Waals surface area contributed by atoms with Gasteiger partial charge in [-0.05, 0) is 0 Å². The highest BCUT2D eigenvalue weighted by Crippen LogP contribution is 2.16. The summed E-state index contributed by atoms with van der Waals surface area (Å²) in [4.78, 5) is 32.4. The van der Waals surface area contributed by atoms with Gasteiger partial charge in [-0.3, -0.25) is 15.0 Å². The smallest absolute Gasteiger partial charge is 0.383 e. The van der Waals surface area contributed by atoms with Gasteiger partial charge in [-0.2, -0.15) is 0 Å². The first-order chi connectivity index (χ1) is 6.96. The maximum atomic E-state index is 11.3. The molecule has 0 saturated carbocycles. The molecule has 0 amide bonds. The average molecular weight is 238 g/mol. The van der Waals surface area contributed by atoms with Crippen molar-refractivity contribution in [3.8, 4) is 0 Å². The summed E-state index contributed by atoms with van der Waals surface area (Å²) in [5.74, 6) is -5.18. The normalized spacial score (nSPS) is 10.6. The Bertz CT molecular complexity index is 298. The number of esters is 1. The topological polar surface area (TPSA) is 103 Å². The zero-order chi connectivity index (χ0) is 12.1. The van der Waals surface area contributed by atoms with Gasteiger partial charge in [0.2, 0.25) is 0 Å². The van der Waals surface area contributed by atoms with Crippen molar-refractivity contribution >= 4 is 35.0 Å². The number of rotatable bonds is 6. The van der Waals surface area contributed by atoms with Gasteiger partial charge >= 0.3 is 18.2 Å². The van der Waals surface area contributed by atoms with Crippen LogP contribution in [-0.2, 0) is 28.6 Å². The number of carbonyl (C=O) groups is 3. The van der Waals surface area contributed by atoms with Gasteiger partial charge in [0.25, 0.3) is 5.78 Å². The van der Waals surface area contributed by atoms with E-state index in [1.54, 1.807) is 0 Å². The fraction of sp³-hybridized carbons (Fsp3) is 0.429. The summed E-state index contributed by atoms with van der Waals surface area (Å²) in [6.07, 6.45) is 0. The van der Waals surface area contributed by atoms with E-state index < -0.39 is 22.7 Å². The van der Waals surface area contributed by atoms with Crippen molar-refractivity contribution in [3.05, 3.63) is 0 Å². The molecule has 0 aliphatic heterocycles. The Morgan fingerprint density at radius 2 is 1.80 bits per heavy atom. The maximum absolute atomic E-state index is 11.3. The van der Waals surface area contributed by atoms with Gasteiger partial charge in [-0.1, -0.05) is 11.6 Å². The monoisotopic (exact) mass is 237 g/mol. The number of ether oxygens (including phenoxy) is 3. The molecule has 0 aromatic carbocycles. The van der Waals surface area contributed by atoms with Crippen molar-refractivity contribution in [3.63, 3.8) is 0 Å². The molecule has 0 spiro atoms. The number of Topliss-reactive ketones (excluding diaryl/α,β-unsaturated/α-hetero) is 1. The molecule has 8 heteroatoms. The Balaban J connectivity index is 5.21. The van der Waals surface area contributed by atoms with E-state index in [1.807, 2.05) is 0 Å². The number of hydrogen-bond donors (Lipinski definition) is 1. The Hall–Kier alpha value is -1.31. The van der Waals surface area contributed by atoms with E-state index in [2.05, 4.69) is 14.2 Å². The molecule has 1 N–H and O–H groups in total. The molecular formula is C7H8ClNO6. The van der Waals surface area contributed by atoms with Crippen molar-refractivity contribution in [1.29, 1.82) is 5.41 Å². The van der Waals surface area contributed by atoms with Crippen LogP contribution >= 0.6 is 11.6 Å². The first-order valence-electron chi connectivity index (χ1n) is 3.50. The predicted octanol–water partition coefficient (Wildman–Crippen LogP) is -0.540. The minimum Gasteiger partial charge on any atom is -0.391 e. The molecule has 0 unspecified atom stereocenters. The van der Waals surface area contributed by atoms with Crippen molar-refractivity contribution in [2.24, 2.45) is 0 Å². The third-order valence-corrected chi connectivity index (χ3v) is 1.67. The van der Waals surface area contributed by atoms with Gasteiger partial charge in [0, 0.05) is 14.2 Å². The Morgan fingerprint density at radius 3 is 2.07 bits per heavy atom. The number of nitrogens with one attached hydrogen (secondary N) is 1. The van der Waals surface area contributed by atoms with E-state index in [-0.39, 0.29) is 6.47 Å². The average Bonchev–Trinajstić information content (AvgIpc) is 2.20. The standard InChI is InChI=1S/C7H8ClNO6/c1-13-7(14-2,4(11)5(8)9)6(12)15-3-10/h3,9H,1-2H3. The highest BCUT2D eigenvalue weighted by Gasteiger charge is 2.50. The molecule has 0 atom stereocenters. The lowest BCUT2D eigenvalue weighted by molar-refractivity contribution is -0.219. The zero-order valence-electron chi connectivity index (χ0n) is 7.90. The molecule has 15 heavy (non-hydrogen) atoms. The Labute approximate surface area is 89.7 Å². The summed E-state index contributed by atoms with van der Waals surface area (Å²) in [7, 11) is 1.93. The van der Waals surface area contributed by atoms with Crippen LogP contribution in [0.15, 0.2) is 0 Å². The van der Waals surface area contributed by atoms with Crippen molar-refractivity contribution < 1.29 is 28.6 Å². The van der Waals surface area contributed by atoms with Gasteiger partial charge in [0.1, 0.15) is 0 Å². The van der Waals surface area contributed by atoms with E-state index in [0.29, 0.717) is 0 Å². The molecule has 0 aliphatic rings. The summed E-state index contributed by atoms with van der Waals surface area (Å²) < 4.78 is 12.9. The van der Waals surface area contributed by atoms with Crippen molar-refractivity contribution in [2.45, 2.75) is 5.79 Å². The molecule has 0 bridgehead atoms. The molecule has 0 radical (unpaired) electrons. The van der Waals surface area contributed by atoms with Gasteiger partial charge in [-0.25, -0.2) is 4.79 Å². The molecule has 0 saturated heterocycles. The summed E-state index contributed by atoms with van der Waals surface area (Å²) in [6.45, 7) is -0.194. The lowest BCUT2D eigenvalue weighted by Crippen LogP contribution is -2.53. The van der Waals surface area contributed by atoms with Crippen LogP contribution in [0.25, 0.3) is 0 Å². The quantitative estimate of drug-likeness (QED) is 0.219. The summed E-state index contributed by atoms with van der Waals surface area (Å²) in [6, 6.07) is 0. The second-order valence-corrected chi connectivity index (χ2v) is 2.55. The predicted molar refractivity (Wildman–Crippen MR) is 47.5 cm³/mol. The molecule has 0 aliphatic carbocycles. The van der Waals surface area contributed by atoms with E-state index in [0.717, 1.165) is 14.2 Å². The van der Waals surface area contributed by atoms with E-state index >= 15 is 0 Å².